The van der Waals surface area contributed by atoms with E-state index in [9.17, 15) is 4.79 Å². The van der Waals surface area contributed by atoms with Crippen LogP contribution in [0.25, 0.3) is 0 Å². The predicted octanol–water partition coefficient (Wildman–Crippen LogP) is 2.19. The largest absolute Gasteiger partial charge is 0.379 e. The van der Waals surface area contributed by atoms with Crippen molar-refractivity contribution in [3.8, 4) is 0 Å². The van der Waals surface area contributed by atoms with Gasteiger partial charge in [0.1, 0.15) is 0 Å². The van der Waals surface area contributed by atoms with E-state index in [0.29, 0.717) is 30.5 Å². The Morgan fingerprint density at radius 1 is 1.16 bits per heavy atom. The summed E-state index contributed by atoms with van der Waals surface area (Å²) in [6, 6.07) is 7.52. The molecule has 2 aliphatic rings. The minimum atomic E-state index is 0. The van der Waals surface area contributed by atoms with E-state index in [1.807, 2.05) is 36.2 Å². The standard InChI is InChI=1S/C22H34ClN5O2.HI/c1-18(17-26-10-12-30-13-11-26)16-25-22(24-2)28-8-6-27(7-9-28)21(29)15-19-4-3-5-20(23)14-19;/h3-5,14,18H,6-13,15-17H2,1-2H3,(H,24,25);1H. The number of rotatable bonds is 6. The number of benzene rings is 1. The normalized spacial score (nSPS) is 19.0. The zero-order valence-corrected chi connectivity index (χ0v) is 21.6. The van der Waals surface area contributed by atoms with Gasteiger partial charge in [0.2, 0.25) is 5.91 Å². The molecular formula is C22H35ClIN5O2. The molecule has 2 heterocycles. The van der Waals surface area contributed by atoms with Crippen LogP contribution in [-0.2, 0) is 16.0 Å². The summed E-state index contributed by atoms with van der Waals surface area (Å²) in [6.07, 6.45) is 0.395. The lowest BCUT2D eigenvalue weighted by atomic mass is 10.1. The number of carbonyl (C=O) groups excluding carboxylic acids is 1. The minimum Gasteiger partial charge on any atom is -0.379 e. The first kappa shape index (κ1) is 26.2. The fourth-order valence-electron chi connectivity index (χ4n) is 3.99. The first-order valence-electron chi connectivity index (χ1n) is 10.8. The van der Waals surface area contributed by atoms with Crippen LogP contribution in [0.2, 0.25) is 5.02 Å². The number of carbonyl (C=O) groups is 1. The molecule has 0 spiro atoms. The number of amides is 1. The summed E-state index contributed by atoms with van der Waals surface area (Å²) in [7, 11) is 1.83. The van der Waals surface area contributed by atoms with E-state index >= 15 is 0 Å². The molecule has 31 heavy (non-hydrogen) atoms. The van der Waals surface area contributed by atoms with Crippen molar-refractivity contribution in [2.45, 2.75) is 13.3 Å². The van der Waals surface area contributed by atoms with Gasteiger partial charge >= 0.3 is 0 Å². The van der Waals surface area contributed by atoms with E-state index in [4.69, 9.17) is 16.3 Å². The highest BCUT2D eigenvalue weighted by Gasteiger charge is 2.23. The summed E-state index contributed by atoms with van der Waals surface area (Å²) in [5.74, 6) is 1.60. The van der Waals surface area contributed by atoms with Gasteiger partial charge in [0.25, 0.3) is 0 Å². The Balaban J connectivity index is 0.00000341. The zero-order valence-electron chi connectivity index (χ0n) is 18.6. The molecule has 1 aromatic rings. The predicted molar refractivity (Wildman–Crippen MR) is 137 cm³/mol. The van der Waals surface area contributed by atoms with E-state index in [0.717, 1.165) is 64.0 Å². The molecule has 0 radical (unpaired) electrons. The maximum atomic E-state index is 12.6. The Bertz CT molecular complexity index is 722. The van der Waals surface area contributed by atoms with Crippen LogP contribution in [0.5, 0.6) is 0 Å². The van der Waals surface area contributed by atoms with Crippen LogP contribution in [-0.4, -0.2) is 99.2 Å². The Hall–Kier alpha value is -1.10. The quantitative estimate of drug-likeness (QED) is 0.327. The second kappa shape index (κ2) is 13.4. The van der Waals surface area contributed by atoms with Gasteiger partial charge in [0.15, 0.2) is 5.96 Å². The number of ether oxygens (including phenoxy) is 1. The lowest BCUT2D eigenvalue weighted by molar-refractivity contribution is -0.131. The number of hydrogen-bond donors (Lipinski definition) is 1. The highest BCUT2D eigenvalue weighted by molar-refractivity contribution is 14.0. The van der Waals surface area contributed by atoms with Gasteiger partial charge in [-0.25, -0.2) is 0 Å². The Kier molecular flexibility index (Phi) is 11.3. The number of guanidine groups is 1. The third kappa shape index (κ3) is 8.40. The van der Waals surface area contributed by atoms with Gasteiger partial charge in [-0.2, -0.15) is 0 Å². The van der Waals surface area contributed by atoms with E-state index in [-0.39, 0.29) is 29.9 Å². The number of nitrogens with one attached hydrogen (secondary N) is 1. The van der Waals surface area contributed by atoms with E-state index in [2.05, 4.69) is 27.0 Å². The van der Waals surface area contributed by atoms with Crippen molar-refractivity contribution in [3.63, 3.8) is 0 Å². The molecule has 2 saturated heterocycles. The van der Waals surface area contributed by atoms with Gasteiger partial charge in [0.05, 0.1) is 19.6 Å². The topological polar surface area (TPSA) is 60.4 Å². The first-order chi connectivity index (χ1) is 14.5. The maximum absolute atomic E-state index is 12.6. The summed E-state index contributed by atoms with van der Waals surface area (Å²) >= 11 is 6.03. The Morgan fingerprint density at radius 2 is 1.84 bits per heavy atom. The van der Waals surface area contributed by atoms with Crippen LogP contribution >= 0.6 is 35.6 Å². The van der Waals surface area contributed by atoms with Gasteiger partial charge in [-0.3, -0.25) is 14.7 Å². The molecule has 9 heteroatoms. The van der Waals surface area contributed by atoms with Crippen molar-refractivity contribution >= 4 is 47.4 Å². The minimum absolute atomic E-state index is 0. The summed E-state index contributed by atoms with van der Waals surface area (Å²) in [4.78, 5) is 23.7. The Labute approximate surface area is 208 Å². The van der Waals surface area contributed by atoms with Crippen LogP contribution in [0.15, 0.2) is 29.3 Å². The third-order valence-corrected chi connectivity index (χ3v) is 5.91. The molecule has 2 fully saturated rings. The van der Waals surface area contributed by atoms with Crippen molar-refractivity contribution in [3.05, 3.63) is 34.9 Å². The molecule has 1 atom stereocenters. The van der Waals surface area contributed by atoms with Gasteiger partial charge in [-0.05, 0) is 23.6 Å². The van der Waals surface area contributed by atoms with Gasteiger partial charge < -0.3 is 19.9 Å². The molecule has 1 unspecified atom stereocenters. The van der Waals surface area contributed by atoms with Gasteiger partial charge in [-0.1, -0.05) is 30.7 Å². The third-order valence-electron chi connectivity index (χ3n) is 5.67. The number of aliphatic imine (C=N–C) groups is 1. The highest BCUT2D eigenvalue weighted by atomic mass is 127. The molecule has 174 valence electrons. The average Bonchev–Trinajstić information content (AvgIpc) is 2.75. The lowest BCUT2D eigenvalue weighted by Gasteiger charge is -2.37. The van der Waals surface area contributed by atoms with Crippen molar-refractivity contribution in [2.75, 3.05) is 72.6 Å². The second-order valence-corrected chi connectivity index (χ2v) is 8.56. The number of hydrogen-bond acceptors (Lipinski definition) is 4. The van der Waals surface area contributed by atoms with E-state index < -0.39 is 0 Å². The van der Waals surface area contributed by atoms with Crippen molar-refractivity contribution in [1.82, 2.24) is 20.0 Å². The molecule has 0 aromatic heterocycles. The molecular weight excluding hydrogens is 529 g/mol. The van der Waals surface area contributed by atoms with Crippen LogP contribution in [0.1, 0.15) is 12.5 Å². The van der Waals surface area contributed by atoms with Gasteiger partial charge in [0, 0.05) is 64.4 Å². The lowest BCUT2D eigenvalue weighted by Crippen LogP contribution is -2.54. The van der Waals surface area contributed by atoms with Crippen molar-refractivity contribution < 1.29 is 9.53 Å². The SMILES string of the molecule is CN=C(NCC(C)CN1CCOCC1)N1CCN(C(=O)Cc2cccc(Cl)c2)CC1.I. The fraction of sp³-hybridized carbons (Fsp3) is 0.636. The molecule has 0 aliphatic carbocycles. The van der Waals surface area contributed by atoms with Crippen LogP contribution in [0.4, 0.5) is 0 Å². The summed E-state index contributed by atoms with van der Waals surface area (Å²) in [5, 5.41) is 4.19. The second-order valence-electron chi connectivity index (χ2n) is 8.12. The molecule has 2 aliphatic heterocycles. The van der Waals surface area contributed by atoms with Crippen LogP contribution < -0.4 is 5.32 Å². The van der Waals surface area contributed by atoms with Crippen molar-refractivity contribution in [2.24, 2.45) is 10.9 Å². The summed E-state index contributed by atoms with van der Waals surface area (Å²) < 4.78 is 5.42. The van der Waals surface area contributed by atoms with Crippen LogP contribution in [0, 0.1) is 5.92 Å². The molecule has 1 amide bonds. The maximum Gasteiger partial charge on any atom is 0.227 e. The molecule has 0 saturated carbocycles. The van der Waals surface area contributed by atoms with Crippen LogP contribution in [0.3, 0.4) is 0 Å². The summed E-state index contributed by atoms with van der Waals surface area (Å²) in [5.41, 5.74) is 0.960. The summed E-state index contributed by atoms with van der Waals surface area (Å²) in [6.45, 7) is 10.9. The van der Waals surface area contributed by atoms with E-state index in [1.54, 1.807) is 0 Å². The van der Waals surface area contributed by atoms with Gasteiger partial charge in [-0.15, -0.1) is 24.0 Å². The number of morpholine rings is 1. The molecule has 7 nitrogen and oxygen atoms in total. The fourth-order valence-corrected chi connectivity index (χ4v) is 4.20. The number of nitrogens with zero attached hydrogens (tertiary/aromatic N) is 4. The molecule has 0 bridgehead atoms. The average molecular weight is 564 g/mol. The number of halogens is 2. The first-order valence-corrected chi connectivity index (χ1v) is 11.2. The molecule has 1 N–H and O–H groups in total. The smallest absolute Gasteiger partial charge is 0.227 e. The molecule has 1 aromatic carbocycles. The molecule has 3 rings (SSSR count). The monoisotopic (exact) mass is 563 g/mol. The zero-order chi connectivity index (χ0) is 21.3. The highest BCUT2D eigenvalue weighted by Crippen LogP contribution is 2.13. The number of piperazine rings is 1. The Morgan fingerprint density at radius 3 is 2.48 bits per heavy atom. The van der Waals surface area contributed by atoms with E-state index in [1.165, 1.54) is 0 Å². The van der Waals surface area contributed by atoms with Crippen molar-refractivity contribution in [1.29, 1.82) is 0 Å².